The summed E-state index contributed by atoms with van der Waals surface area (Å²) in [6, 6.07) is 5.53. The summed E-state index contributed by atoms with van der Waals surface area (Å²) >= 11 is 7.78. The molecule has 1 fully saturated rings. The SMILES string of the molecule is CSc1ccc(Cl)c(C(=O)N2CCCC(NC(=O)C(C)C)C2)c1. The van der Waals surface area contributed by atoms with Crippen molar-refractivity contribution in [2.45, 2.75) is 37.6 Å². The molecule has 23 heavy (non-hydrogen) atoms. The van der Waals surface area contributed by atoms with Crippen LogP contribution in [0.3, 0.4) is 0 Å². The van der Waals surface area contributed by atoms with Gasteiger partial charge in [0.2, 0.25) is 5.91 Å². The largest absolute Gasteiger partial charge is 0.351 e. The fourth-order valence-corrected chi connectivity index (χ4v) is 3.25. The average Bonchev–Trinajstić information content (AvgIpc) is 2.54. The molecule has 126 valence electrons. The second kappa shape index (κ2) is 8.06. The molecule has 1 aromatic rings. The fourth-order valence-electron chi connectivity index (χ4n) is 2.61. The summed E-state index contributed by atoms with van der Waals surface area (Å²) < 4.78 is 0. The number of thioether (sulfide) groups is 1. The summed E-state index contributed by atoms with van der Waals surface area (Å²) in [5.74, 6) is -0.0742. The van der Waals surface area contributed by atoms with Gasteiger partial charge in [-0.25, -0.2) is 0 Å². The van der Waals surface area contributed by atoms with Crippen LogP contribution in [-0.2, 0) is 4.79 Å². The number of nitrogens with zero attached hydrogens (tertiary/aromatic N) is 1. The van der Waals surface area contributed by atoms with Gasteiger partial charge in [-0.15, -0.1) is 11.8 Å². The van der Waals surface area contributed by atoms with Crippen molar-refractivity contribution < 1.29 is 9.59 Å². The number of likely N-dealkylation sites (tertiary alicyclic amines) is 1. The molecule has 1 aliphatic heterocycles. The quantitative estimate of drug-likeness (QED) is 0.842. The van der Waals surface area contributed by atoms with E-state index in [2.05, 4.69) is 5.32 Å². The summed E-state index contributed by atoms with van der Waals surface area (Å²) in [5.41, 5.74) is 0.536. The Hall–Kier alpha value is -1.20. The van der Waals surface area contributed by atoms with Crippen molar-refractivity contribution in [3.05, 3.63) is 28.8 Å². The first-order valence-electron chi connectivity index (χ1n) is 7.85. The van der Waals surface area contributed by atoms with Gasteiger partial charge in [-0.2, -0.15) is 0 Å². The Morgan fingerprint density at radius 2 is 2.13 bits per heavy atom. The van der Waals surface area contributed by atoms with Crippen LogP contribution in [-0.4, -0.2) is 42.1 Å². The number of hydrogen-bond donors (Lipinski definition) is 1. The van der Waals surface area contributed by atoms with Gasteiger partial charge in [0, 0.05) is 29.9 Å². The van der Waals surface area contributed by atoms with Crippen LogP contribution in [0.4, 0.5) is 0 Å². The molecule has 1 heterocycles. The highest BCUT2D eigenvalue weighted by Crippen LogP contribution is 2.25. The summed E-state index contributed by atoms with van der Waals surface area (Å²) in [5, 5.41) is 3.50. The van der Waals surface area contributed by atoms with E-state index in [-0.39, 0.29) is 23.8 Å². The zero-order chi connectivity index (χ0) is 17.0. The Kier molecular flexibility index (Phi) is 6.36. The van der Waals surface area contributed by atoms with E-state index in [1.807, 2.05) is 32.2 Å². The monoisotopic (exact) mass is 354 g/mol. The maximum Gasteiger partial charge on any atom is 0.255 e. The molecule has 1 saturated heterocycles. The molecule has 1 atom stereocenters. The Balaban J connectivity index is 2.09. The number of halogens is 1. The van der Waals surface area contributed by atoms with Crippen LogP contribution >= 0.6 is 23.4 Å². The molecule has 1 aromatic carbocycles. The third-order valence-electron chi connectivity index (χ3n) is 3.98. The van der Waals surface area contributed by atoms with E-state index in [1.54, 1.807) is 22.7 Å². The lowest BCUT2D eigenvalue weighted by Gasteiger charge is -2.33. The van der Waals surface area contributed by atoms with Gasteiger partial charge in [-0.3, -0.25) is 9.59 Å². The third-order valence-corrected chi connectivity index (χ3v) is 5.04. The molecule has 1 aliphatic rings. The van der Waals surface area contributed by atoms with E-state index >= 15 is 0 Å². The van der Waals surface area contributed by atoms with E-state index in [0.29, 0.717) is 23.7 Å². The van der Waals surface area contributed by atoms with E-state index in [1.165, 1.54) is 0 Å². The van der Waals surface area contributed by atoms with E-state index in [9.17, 15) is 9.59 Å². The first-order valence-corrected chi connectivity index (χ1v) is 9.45. The van der Waals surface area contributed by atoms with Gasteiger partial charge in [-0.1, -0.05) is 25.4 Å². The van der Waals surface area contributed by atoms with Gasteiger partial charge in [-0.05, 0) is 37.3 Å². The summed E-state index contributed by atoms with van der Waals surface area (Å²) in [6.45, 7) is 4.98. The molecule has 0 radical (unpaired) electrons. The average molecular weight is 355 g/mol. The lowest BCUT2D eigenvalue weighted by atomic mass is 10.0. The molecular formula is C17H23ClN2O2S. The number of carbonyl (C=O) groups excluding carboxylic acids is 2. The molecule has 0 saturated carbocycles. The molecule has 0 aromatic heterocycles. The van der Waals surface area contributed by atoms with E-state index in [4.69, 9.17) is 11.6 Å². The molecule has 0 aliphatic carbocycles. The topological polar surface area (TPSA) is 49.4 Å². The highest BCUT2D eigenvalue weighted by Gasteiger charge is 2.27. The smallest absolute Gasteiger partial charge is 0.255 e. The van der Waals surface area contributed by atoms with E-state index < -0.39 is 0 Å². The zero-order valence-corrected chi connectivity index (χ0v) is 15.3. The molecule has 1 unspecified atom stereocenters. The summed E-state index contributed by atoms with van der Waals surface area (Å²) in [4.78, 5) is 27.4. The molecule has 0 bridgehead atoms. The van der Waals surface area contributed by atoms with Gasteiger partial charge in [0.05, 0.1) is 10.6 Å². The lowest BCUT2D eigenvalue weighted by Crippen LogP contribution is -2.50. The molecule has 1 N–H and O–H groups in total. The third kappa shape index (κ3) is 4.64. The van der Waals surface area contributed by atoms with Crippen LogP contribution in [0.1, 0.15) is 37.0 Å². The number of nitrogens with one attached hydrogen (secondary N) is 1. The Morgan fingerprint density at radius 1 is 1.39 bits per heavy atom. The number of rotatable bonds is 4. The minimum atomic E-state index is -0.0607. The van der Waals surface area contributed by atoms with Gasteiger partial charge in [0.15, 0.2) is 0 Å². The predicted octanol–water partition coefficient (Wildman–Crippen LogP) is 3.44. The number of hydrogen-bond acceptors (Lipinski definition) is 3. The molecular weight excluding hydrogens is 332 g/mol. The second-order valence-electron chi connectivity index (χ2n) is 6.10. The Bertz CT molecular complexity index is 592. The Labute approximate surface area is 146 Å². The normalized spacial score (nSPS) is 18.1. The van der Waals surface area contributed by atoms with Crippen LogP contribution in [0.5, 0.6) is 0 Å². The first kappa shape index (κ1) is 18.1. The summed E-state index contributed by atoms with van der Waals surface area (Å²) in [6.07, 6.45) is 3.76. The minimum absolute atomic E-state index is 0.0186. The van der Waals surface area contributed by atoms with Gasteiger partial charge < -0.3 is 10.2 Å². The van der Waals surface area contributed by atoms with Crippen LogP contribution in [0.25, 0.3) is 0 Å². The van der Waals surface area contributed by atoms with Crippen LogP contribution < -0.4 is 5.32 Å². The van der Waals surface area contributed by atoms with Crippen molar-refractivity contribution in [2.24, 2.45) is 5.92 Å². The van der Waals surface area contributed by atoms with Crippen molar-refractivity contribution in [2.75, 3.05) is 19.3 Å². The van der Waals surface area contributed by atoms with Crippen molar-refractivity contribution in [3.63, 3.8) is 0 Å². The molecule has 4 nitrogen and oxygen atoms in total. The van der Waals surface area contributed by atoms with Gasteiger partial charge >= 0.3 is 0 Å². The maximum atomic E-state index is 12.8. The molecule has 0 spiro atoms. The van der Waals surface area contributed by atoms with Crippen molar-refractivity contribution in [1.82, 2.24) is 10.2 Å². The number of benzene rings is 1. The van der Waals surface area contributed by atoms with Gasteiger partial charge in [0.25, 0.3) is 5.91 Å². The highest BCUT2D eigenvalue weighted by atomic mass is 35.5. The van der Waals surface area contributed by atoms with Crippen LogP contribution in [0, 0.1) is 5.92 Å². The minimum Gasteiger partial charge on any atom is -0.351 e. The fraction of sp³-hybridized carbons (Fsp3) is 0.529. The number of piperidine rings is 1. The second-order valence-corrected chi connectivity index (χ2v) is 7.39. The maximum absolute atomic E-state index is 12.8. The standard InChI is InChI=1S/C17H23ClN2O2S/c1-11(2)16(21)19-12-5-4-8-20(10-12)17(22)14-9-13(23-3)6-7-15(14)18/h6-7,9,11-12H,4-5,8,10H2,1-3H3,(H,19,21). The van der Waals surface area contributed by atoms with Crippen LogP contribution in [0.15, 0.2) is 23.1 Å². The summed E-state index contributed by atoms with van der Waals surface area (Å²) in [7, 11) is 0. The van der Waals surface area contributed by atoms with Crippen molar-refractivity contribution in [1.29, 1.82) is 0 Å². The lowest BCUT2D eigenvalue weighted by molar-refractivity contribution is -0.125. The van der Waals surface area contributed by atoms with Crippen molar-refractivity contribution in [3.8, 4) is 0 Å². The number of amides is 2. The van der Waals surface area contributed by atoms with Crippen LogP contribution in [0.2, 0.25) is 5.02 Å². The van der Waals surface area contributed by atoms with Gasteiger partial charge in [0.1, 0.15) is 0 Å². The zero-order valence-electron chi connectivity index (χ0n) is 13.8. The molecule has 2 amide bonds. The predicted molar refractivity (Wildman–Crippen MR) is 95.1 cm³/mol. The first-order chi connectivity index (χ1) is 10.9. The molecule has 2 rings (SSSR count). The number of carbonyl (C=O) groups is 2. The highest BCUT2D eigenvalue weighted by molar-refractivity contribution is 7.98. The van der Waals surface area contributed by atoms with E-state index in [0.717, 1.165) is 17.7 Å². The Morgan fingerprint density at radius 3 is 2.78 bits per heavy atom. The molecule has 6 heteroatoms. The van der Waals surface area contributed by atoms with Crippen molar-refractivity contribution >= 4 is 35.2 Å².